The van der Waals surface area contributed by atoms with E-state index >= 15 is 0 Å². The molecule has 0 radical (unpaired) electrons. The lowest BCUT2D eigenvalue weighted by Crippen LogP contribution is -2.36. The zero-order valence-electron chi connectivity index (χ0n) is 18.6. The third-order valence-corrected chi connectivity index (χ3v) is 7.15. The normalized spacial score (nSPS) is 18.4. The standard InChI is InChI=1S/C21H24F3N7O2S/c1-2-3-13-10-14-16(30-7-8-31-15(11-30)28-29-19(31)21(22,23)24)26-20(27-18(14)34-13)33-9-5-12-4-6-25-17(12)32/h10,12H,2-9,11H2,1H3,(H,25,32). The average molecular weight is 496 g/mol. The fraction of sp³-hybridized carbons (Fsp3) is 0.571. The van der Waals surface area contributed by atoms with Crippen LogP contribution in [0.15, 0.2) is 6.07 Å². The van der Waals surface area contributed by atoms with Gasteiger partial charge in [0.05, 0.1) is 18.5 Å². The van der Waals surface area contributed by atoms with Crippen LogP contribution in [0.25, 0.3) is 10.2 Å². The zero-order chi connectivity index (χ0) is 23.9. The highest BCUT2D eigenvalue weighted by Crippen LogP contribution is 2.36. The second-order valence-electron chi connectivity index (χ2n) is 8.44. The number of nitrogens with zero attached hydrogens (tertiary/aromatic N) is 6. The summed E-state index contributed by atoms with van der Waals surface area (Å²) in [6.45, 7) is 3.65. The summed E-state index contributed by atoms with van der Waals surface area (Å²) in [5.74, 6) is -0.157. The first-order valence-electron chi connectivity index (χ1n) is 11.3. The first-order valence-corrected chi connectivity index (χ1v) is 12.1. The summed E-state index contributed by atoms with van der Waals surface area (Å²) in [4.78, 5) is 24.8. The Morgan fingerprint density at radius 2 is 2.12 bits per heavy atom. The summed E-state index contributed by atoms with van der Waals surface area (Å²) < 4.78 is 46.6. The number of halogens is 3. The van der Waals surface area contributed by atoms with Crippen molar-refractivity contribution >= 4 is 33.3 Å². The Balaban J connectivity index is 1.42. The number of aryl methyl sites for hydroxylation is 1. The third-order valence-electron chi connectivity index (χ3n) is 6.07. The average Bonchev–Trinajstić information content (AvgIpc) is 3.50. The molecule has 0 aliphatic carbocycles. The van der Waals surface area contributed by atoms with Crippen LogP contribution >= 0.6 is 11.3 Å². The number of ether oxygens (including phenoxy) is 1. The van der Waals surface area contributed by atoms with Crippen molar-refractivity contribution in [3.63, 3.8) is 0 Å². The number of carbonyl (C=O) groups is 1. The van der Waals surface area contributed by atoms with Crippen LogP contribution in [0.2, 0.25) is 0 Å². The van der Waals surface area contributed by atoms with Gasteiger partial charge in [0, 0.05) is 30.4 Å². The van der Waals surface area contributed by atoms with Gasteiger partial charge >= 0.3 is 12.2 Å². The van der Waals surface area contributed by atoms with Crippen molar-refractivity contribution in [3.05, 3.63) is 22.6 Å². The van der Waals surface area contributed by atoms with Crippen LogP contribution in [0, 0.1) is 5.92 Å². The molecule has 1 fully saturated rings. The summed E-state index contributed by atoms with van der Waals surface area (Å²) in [6, 6.07) is 2.25. The van der Waals surface area contributed by atoms with Crippen LogP contribution in [-0.4, -0.2) is 50.3 Å². The molecule has 1 unspecified atom stereocenters. The van der Waals surface area contributed by atoms with E-state index in [0.29, 0.717) is 31.9 Å². The zero-order valence-corrected chi connectivity index (χ0v) is 19.4. The minimum atomic E-state index is -4.55. The first-order chi connectivity index (χ1) is 16.3. The molecule has 2 aliphatic heterocycles. The number of hydrogen-bond donors (Lipinski definition) is 1. The Morgan fingerprint density at radius 1 is 1.26 bits per heavy atom. The molecule has 0 spiro atoms. The van der Waals surface area contributed by atoms with E-state index in [1.165, 1.54) is 0 Å². The van der Waals surface area contributed by atoms with E-state index in [9.17, 15) is 18.0 Å². The summed E-state index contributed by atoms with van der Waals surface area (Å²) in [7, 11) is 0. The van der Waals surface area contributed by atoms with Crippen LogP contribution in [0.4, 0.5) is 19.0 Å². The van der Waals surface area contributed by atoms with Crippen LogP contribution in [0.1, 0.15) is 42.7 Å². The lowest BCUT2D eigenvalue weighted by Gasteiger charge is -2.29. The molecule has 3 aromatic rings. The summed E-state index contributed by atoms with van der Waals surface area (Å²) in [5, 5.41) is 10.8. The molecule has 182 valence electrons. The quantitative estimate of drug-likeness (QED) is 0.538. The maximum atomic E-state index is 13.2. The highest BCUT2D eigenvalue weighted by molar-refractivity contribution is 7.18. The van der Waals surface area contributed by atoms with E-state index in [1.807, 2.05) is 11.0 Å². The van der Waals surface area contributed by atoms with Gasteiger partial charge in [-0.25, -0.2) is 0 Å². The van der Waals surface area contributed by atoms with Gasteiger partial charge in [-0.15, -0.1) is 21.5 Å². The van der Waals surface area contributed by atoms with E-state index in [1.54, 1.807) is 11.3 Å². The van der Waals surface area contributed by atoms with Gasteiger partial charge in [-0.05, 0) is 25.3 Å². The molecule has 1 atom stereocenters. The molecule has 5 heterocycles. The Labute approximate surface area is 197 Å². The number of amides is 1. The van der Waals surface area contributed by atoms with Gasteiger partial charge in [-0.2, -0.15) is 23.1 Å². The number of rotatable bonds is 7. The second-order valence-corrected chi connectivity index (χ2v) is 9.55. The minimum Gasteiger partial charge on any atom is -0.463 e. The smallest absolute Gasteiger partial charge is 0.451 e. The molecule has 0 bridgehead atoms. The molecular weight excluding hydrogens is 471 g/mol. The molecule has 3 aromatic heterocycles. The Bertz CT molecular complexity index is 1210. The van der Waals surface area contributed by atoms with Crippen molar-refractivity contribution in [1.82, 2.24) is 30.0 Å². The van der Waals surface area contributed by atoms with Crippen molar-refractivity contribution in [2.45, 2.75) is 51.9 Å². The molecule has 1 N–H and O–H groups in total. The largest absolute Gasteiger partial charge is 0.463 e. The second kappa shape index (κ2) is 9.01. The van der Waals surface area contributed by atoms with Crippen LogP contribution in [0.5, 0.6) is 6.01 Å². The molecule has 1 amide bonds. The van der Waals surface area contributed by atoms with E-state index < -0.39 is 12.0 Å². The molecule has 2 aliphatic rings. The van der Waals surface area contributed by atoms with Gasteiger partial charge in [-0.1, -0.05) is 13.3 Å². The maximum absolute atomic E-state index is 13.2. The van der Waals surface area contributed by atoms with Crippen molar-refractivity contribution < 1.29 is 22.7 Å². The molecular formula is C21H24F3N7O2S. The SMILES string of the molecule is CCCc1cc2c(N3CCn4c(nnc4C(F)(F)F)C3)nc(OCCC3CCNC3=O)nc2s1. The molecule has 5 rings (SSSR count). The van der Waals surface area contributed by atoms with Crippen LogP contribution < -0.4 is 15.0 Å². The summed E-state index contributed by atoms with van der Waals surface area (Å²) in [5.41, 5.74) is 0. The van der Waals surface area contributed by atoms with Gasteiger partial charge in [0.2, 0.25) is 11.7 Å². The van der Waals surface area contributed by atoms with Crippen molar-refractivity contribution in [1.29, 1.82) is 0 Å². The molecule has 0 aromatic carbocycles. The van der Waals surface area contributed by atoms with E-state index in [2.05, 4.69) is 32.4 Å². The molecule has 13 heteroatoms. The van der Waals surface area contributed by atoms with Gasteiger partial charge in [0.1, 0.15) is 10.6 Å². The first kappa shape index (κ1) is 22.8. The van der Waals surface area contributed by atoms with Gasteiger partial charge < -0.3 is 19.5 Å². The maximum Gasteiger partial charge on any atom is 0.451 e. The number of fused-ring (bicyclic) bond motifs is 2. The number of anilines is 1. The van der Waals surface area contributed by atoms with Gasteiger partial charge in [0.15, 0.2) is 5.82 Å². The summed E-state index contributed by atoms with van der Waals surface area (Å²) in [6.07, 6.45) is -1.31. The van der Waals surface area contributed by atoms with Gasteiger partial charge in [0.25, 0.3) is 0 Å². The van der Waals surface area contributed by atoms with E-state index in [4.69, 9.17) is 4.74 Å². The molecule has 1 saturated heterocycles. The van der Waals surface area contributed by atoms with Crippen molar-refractivity contribution in [3.8, 4) is 6.01 Å². The molecule has 34 heavy (non-hydrogen) atoms. The van der Waals surface area contributed by atoms with E-state index in [0.717, 1.165) is 38.9 Å². The predicted octanol–water partition coefficient (Wildman–Crippen LogP) is 3.18. The van der Waals surface area contributed by atoms with E-state index in [-0.39, 0.29) is 36.7 Å². The molecule has 9 nitrogen and oxygen atoms in total. The van der Waals surface area contributed by atoms with Gasteiger partial charge in [-0.3, -0.25) is 4.79 Å². The topological polar surface area (TPSA) is 98.1 Å². The van der Waals surface area contributed by atoms with Crippen LogP contribution in [-0.2, 0) is 30.5 Å². The lowest BCUT2D eigenvalue weighted by molar-refractivity contribution is -0.147. The number of thiophene rings is 1. The highest BCUT2D eigenvalue weighted by atomic mass is 32.1. The highest BCUT2D eigenvalue weighted by Gasteiger charge is 2.39. The summed E-state index contributed by atoms with van der Waals surface area (Å²) >= 11 is 1.56. The third kappa shape index (κ3) is 4.40. The number of nitrogens with one attached hydrogen (secondary N) is 1. The predicted molar refractivity (Wildman–Crippen MR) is 119 cm³/mol. The Morgan fingerprint density at radius 3 is 2.85 bits per heavy atom. The van der Waals surface area contributed by atoms with Crippen molar-refractivity contribution in [2.75, 3.05) is 24.6 Å². The molecule has 0 saturated carbocycles. The monoisotopic (exact) mass is 495 g/mol. The van der Waals surface area contributed by atoms with Crippen molar-refractivity contribution in [2.24, 2.45) is 5.92 Å². The van der Waals surface area contributed by atoms with Crippen LogP contribution in [0.3, 0.4) is 0 Å². The lowest BCUT2D eigenvalue weighted by atomic mass is 10.1. The number of carbonyl (C=O) groups excluding carboxylic acids is 1. The number of aromatic nitrogens is 5. The fourth-order valence-electron chi connectivity index (χ4n) is 4.37. The fourth-order valence-corrected chi connectivity index (χ4v) is 5.49. The Hall–Kier alpha value is -2.96. The number of hydrogen-bond acceptors (Lipinski definition) is 8. The minimum absolute atomic E-state index is 0.0405. The number of alkyl halides is 3. The Kier molecular flexibility index (Phi) is 6.04.